The van der Waals surface area contributed by atoms with Crippen LogP contribution in [0.5, 0.6) is 5.75 Å². The lowest BCUT2D eigenvalue weighted by Gasteiger charge is -2.08. The molecule has 0 unspecified atom stereocenters. The van der Waals surface area contributed by atoms with Crippen LogP contribution in [0.25, 0.3) is 22.7 Å². The molecule has 0 aliphatic heterocycles. The molecule has 0 atom stereocenters. The van der Waals surface area contributed by atoms with Crippen molar-refractivity contribution in [2.75, 3.05) is 14.1 Å². The molecule has 2 heterocycles. The van der Waals surface area contributed by atoms with E-state index in [4.69, 9.17) is 14.1 Å². The van der Waals surface area contributed by atoms with Crippen molar-refractivity contribution in [1.29, 1.82) is 0 Å². The first-order valence-electron chi connectivity index (χ1n) is 9.65. The minimum absolute atomic E-state index is 0.557. The molecular formula is C25H24N2O2. The second-order valence-corrected chi connectivity index (χ2v) is 7.21. The zero-order valence-electron chi connectivity index (χ0n) is 16.7. The number of nitrogens with zero attached hydrogens (tertiary/aromatic N) is 2. The summed E-state index contributed by atoms with van der Waals surface area (Å²) in [6, 6.07) is 28.1. The van der Waals surface area contributed by atoms with Crippen LogP contribution in [0.2, 0.25) is 0 Å². The van der Waals surface area contributed by atoms with Gasteiger partial charge in [-0.2, -0.15) is 0 Å². The number of pyridine rings is 1. The number of ether oxygens (including phenoxy) is 1. The molecule has 2 aromatic carbocycles. The quantitative estimate of drug-likeness (QED) is 0.413. The smallest absolute Gasteiger partial charge is 0.152 e. The molecule has 4 nitrogen and oxygen atoms in total. The highest BCUT2D eigenvalue weighted by molar-refractivity contribution is 5.64. The summed E-state index contributed by atoms with van der Waals surface area (Å²) in [5, 5.41) is 0. The van der Waals surface area contributed by atoms with Gasteiger partial charge in [0.15, 0.2) is 5.76 Å². The van der Waals surface area contributed by atoms with Crippen LogP contribution >= 0.6 is 0 Å². The van der Waals surface area contributed by atoms with Crippen LogP contribution in [0.1, 0.15) is 11.3 Å². The summed E-state index contributed by atoms with van der Waals surface area (Å²) in [4.78, 5) is 6.86. The lowest BCUT2D eigenvalue weighted by molar-refractivity contribution is 0.306. The Morgan fingerprint density at radius 2 is 1.55 bits per heavy atom. The van der Waals surface area contributed by atoms with Crippen LogP contribution in [-0.4, -0.2) is 24.0 Å². The Hall–Kier alpha value is -3.37. The molecule has 0 saturated carbocycles. The molecule has 0 spiro atoms. The molecule has 4 aromatic rings. The Morgan fingerprint density at radius 1 is 0.793 bits per heavy atom. The molecule has 0 N–H and O–H groups in total. The topological polar surface area (TPSA) is 38.5 Å². The van der Waals surface area contributed by atoms with Crippen molar-refractivity contribution in [3.8, 4) is 28.5 Å². The zero-order valence-corrected chi connectivity index (χ0v) is 16.7. The van der Waals surface area contributed by atoms with E-state index in [9.17, 15) is 0 Å². The fraction of sp³-hybridized carbons (Fsp3) is 0.160. The van der Waals surface area contributed by atoms with E-state index in [0.29, 0.717) is 6.61 Å². The minimum Gasteiger partial charge on any atom is -0.489 e. The monoisotopic (exact) mass is 384 g/mol. The van der Waals surface area contributed by atoms with Crippen LogP contribution in [0.15, 0.2) is 89.3 Å². The highest BCUT2D eigenvalue weighted by Gasteiger charge is 2.09. The maximum Gasteiger partial charge on any atom is 0.152 e. The number of furan rings is 1. The molecule has 0 radical (unpaired) electrons. The van der Waals surface area contributed by atoms with Crippen molar-refractivity contribution in [1.82, 2.24) is 9.88 Å². The summed E-state index contributed by atoms with van der Waals surface area (Å²) >= 11 is 0. The van der Waals surface area contributed by atoms with Gasteiger partial charge in [0.05, 0.1) is 12.2 Å². The van der Waals surface area contributed by atoms with E-state index in [-0.39, 0.29) is 0 Å². The van der Waals surface area contributed by atoms with Gasteiger partial charge in [-0.1, -0.05) is 36.4 Å². The molecule has 2 aromatic heterocycles. The van der Waals surface area contributed by atoms with Gasteiger partial charge in [-0.25, -0.2) is 4.98 Å². The van der Waals surface area contributed by atoms with E-state index in [0.717, 1.165) is 46.3 Å². The van der Waals surface area contributed by atoms with E-state index in [1.807, 2.05) is 86.9 Å². The van der Waals surface area contributed by atoms with Gasteiger partial charge in [-0.05, 0) is 68.2 Å². The Bertz CT molecular complexity index is 1050. The predicted octanol–water partition coefficient (Wildman–Crippen LogP) is 5.65. The van der Waals surface area contributed by atoms with E-state index in [1.165, 1.54) is 0 Å². The third-order valence-electron chi connectivity index (χ3n) is 4.53. The third-order valence-corrected chi connectivity index (χ3v) is 4.53. The fourth-order valence-electron chi connectivity index (χ4n) is 3.11. The van der Waals surface area contributed by atoms with Gasteiger partial charge < -0.3 is 14.1 Å². The third kappa shape index (κ3) is 4.92. The first-order chi connectivity index (χ1) is 14.2. The maximum absolute atomic E-state index is 5.94. The van der Waals surface area contributed by atoms with Crippen molar-refractivity contribution >= 4 is 0 Å². The standard InChI is InChI=1S/C25H24N2O2/c1-27(2)17-22-15-16-25(29-22)24-10-6-9-23(26-24)20-11-13-21(14-12-20)28-18-19-7-4-3-5-8-19/h3-16H,17-18H2,1-2H3. The van der Waals surface area contributed by atoms with Gasteiger partial charge >= 0.3 is 0 Å². The zero-order chi connectivity index (χ0) is 20.1. The number of aromatic nitrogens is 1. The first-order valence-corrected chi connectivity index (χ1v) is 9.65. The highest BCUT2D eigenvalue weighted by atomic mass is 16.5. The second kappa shape index (κ2) is 8.76. The van der Waals surface area contributed by atoms with Gasteiger partial charge in [-0.15, -0.1) is 0 Å². The summed E-state index contributed by atoms with van der Waals surface area (Å²) in [5.74, 6) is 2.55. The van der Waals surface area contributed by atoms with Gasteiger partial charge in [0.25, 0.3) is 0 Å². The molecular weight excluding hydrogens is 360 g/mol. The van der Waals surface area contributed by atoms with Crippen LogP contribution in [0.3, 0.4) is 0 Å². The largest absolute Gasteiger partial charge is 0.489 e. The molecule has 0 saturated heterocycles. The van der Waals surface area contributed by atoms with Crippen molar-refractivity contribution in [2.45, 2.75) is 13.2 Å². The molecule has 146 valence electrons. The van der Waals surface area contributed by atoms with Gasteiger partial charge in [-0.3, -0.25) is 0 Å². The van der Waals surface area contributed by atoms with Gasteiger partial charge in [0.1, 0.15) is 23.8 Å². The summed E-state index contributed by atoms with van der Waals surface area (Å²) in [6.07, 6.45) is 0. The lowest BCUT2D eigenvalue weighted by Crippen LogP contribution is -2.09. The van der Waals surface area contributed by atoms with E-state index >= 15 is 0 Å². The molecule has 0 bridgehead atoms. The van der Waals surface area contributed by atoms with Gasteiger partial charge in [0, 0.05) is 5.56 Å². The van der Waals surface area contributed by atoms with E-state index in [2.05, 4.69) is 17.0 Å². The molecule has 0 amide bonds. The molecule has 0 fully saturated rings. The Balaban J connectivity index is 1.47. The number of hydrogen-bond acceptors (Lipinski definition) is 4. The average Bonchev–Trinajstić information content (AvgIpc) is 3.21. The Labute approximate surface area is 171 Å². The Kier molecular flexibility index (Phi) is 5.73. The molecule has 0 aliphatic carbocycles. The molecule has 4 rings (SSSR count). The van der Waals surface area contributed by atoms with Gasteiger partial charge in [0.2, 0.25) is 0 Å². The molecule has 4 heteroatoms. The lowest BCUT2D eigenvalue weighted by atomic mass is 10.1. The second-order valence-electron chi connectivity index (χ2n) is 7.21. The van der Waals surface area contributed by atoms with Crippen molar-refractivity contribution in [3.63, 3.8) is 0 Å². The molecule has 0 aliphatic rings. The first kappa shape index (κ1) is 19.0. The average molecular weight is 384 g/mol. The summed E-state index contributed by atoms with van der Waals surface area (Å²) in [7, 11) is 4.04. The van der Waals surface area contributed by atoms with Crippen LogP contribution < -0.4 is 4.74 Å². The normalized spacial score (nSPS) is 11.0. The van der Waals surface area contributed by atoms with Crippen LogP contribution in [-0.2, 0) is 13.2 Å². The van der Waals surface area contributed by atoms with E-state index < -0.39 is 0 Å². The van der Waals surface area contributed by atoms with Crippen molar-refractivity contribution < 1.29 is 9.15 Å². The predicted molar refractivity (Wildman–Crippen MR) is 116 cm³/mol. The summed E-state index contributed by atoms with van der Waals surface area (Å²) in [6.45, 7) is 1.33. The van der Waals surface area contributed by atoms with Crippen molar-refractivity contribution in [2.24, 2.45) is 0 Å². The maximum atomic E-state index is 5.94. The van der Waals surface area contributed by atoms with Crippen LogP contribution in [0, 0.1) is 0 Å². The number of rotatable bonds is 7. The minimum atomic E-state index is 0.557. The highest BCUT2D eigenvalue weighted by Crippen LogP contribution is 2.26. The summed E-state index contributed by atoms with van der Waals surface area (Å²) in [5.41, 5.74) is 3.93. The number of benzene rings is 2. The molecule has 29 heavy (non-hydrogen) atoms. The summed E-state index contributed by atoms with van der Waals surface area (Å²) < 4.78 is 11.8. The Morgan fingerprint density at radius 3 is 2.31 bits per heavy atom. The fourth-order valence-corrected chi connectivity index (χ4v) is 3.11. The SMILES string of the molecule is CN(C)Cc1ccc(-c2cccc(-c3ccc(OCc4ccccc4)cc3)n2)o1. The van der Waals surface area contributed by atoms with E-state index in [1.54, 1.807) is 0 Å². The van der Waals surface area contributed by atoms with Crippen LogP contribution in [0.4, 0.5) is 0 Å². The van der Waals surface area contributed by atoms with Crippen molar-refractivity contribution in [3.05, 3.63) is 96.3 Å². The number of hydrogen-bond donors (Lipinski definition) is 0.